The summed E-state index contributed by atoms with van der Waals surface area (Å²) in [4.78, 5) is 19.0. The second-order valence-corrected chi connectivity index (χ2v) is 6.66. The van der Waals surface area contributed by atoms with E-state index < -0.39 is 5.97 Å². The minimum absolute atomic E-state index is 0.118. The molecule has 1 aromatic heterocycles. The molecule has 1 fully saturated rings. The number of aromatic nitrogens is 1. The van der Waals surface area contributed by atoms with Crippen LogP contribution in [0.15, 0.2) is 0 Å². The number of rotatable bonds is 6. The third kappa shape index (κ3) is 4.56. The van der Waals surface area contributed by atoms with Gasteiger partial charge >= 0.3 is 5.97 Å². The third-order valence-corrected chi connectivity index (χ3v) is 4.76. The van der Waals surface area contributed by atoms with E-state index in [4.69, 9.17) is 10.1 Å². The summed E-state index contributed by atoms with van der Waals surface area (Å²) in [7, 11) is 0. The van der Waals surface area contributed by atoms with Crippen molar-refractivity contribution in [3.05, 3.63) is 15.6 Å². The first-order chi connectivity index (χ1) is 9.69. The van der Waals surface area contributed by atoms with Crippen LogP contribution in [0.3, 0.4) is 0 Å². The van der Waals surface area contributed by atoms with Gasteiger partial charge in [-0.25, -0.2) is 4.98 Å². The van der Waals surface area contributed by atoms with Crippen molar-refractivity contribution in [2.24, 2.45) is 0 Å². The average molecular weight is 296 g/mol. The fourth-order valence-electron chi connectivity index (χ4n) is 2.70. The van der Waals surface area contributed by atoms with E-state index in [1.165, 1.54) is 25.7 Å². The van der Waals surface area contributed by atoms with E-state index in [9.17, 15) is 4.79 Å². The molecule has 0 unspecified atom stereocenters. The molecule has 2 rings (SSSR count). The van der Waals surface area contributed by atoms with Crippen molar-refractivity contribution >= 4 is 17.3 Å². The lowest BCUT2D eigenvalue weighted by molar-refractivity contribution is -0.136. The van der Waals surface area contributed by atoms with Gasteiger partial charge in [0.15, 0.2) is 0 Å². The first-order valence-corrected chi connectivity index (χ1v) is 8.42. The van der Waals surface area contributed by atoms with Crippen molar-refractivity contribution in [2.45, 2.75) is 58.4 Å². The molecule has 0 radical (unpaired) electrons. The molecule has 1 saturated heterocycles. The van der Waals surface area contributed by atoms with E-state index in [-0.39, 0.29) is 6.42 Å². The number of aryl methyl sites for hydroxylation is 1. The van der Waals surface area contributed by atoms with Crippen LogP contribution in [0, 0.1) is 0 Å². The second-order valence-electron chi connectivity index (χ2n) is 5.49. The van der Waals surface area contributed by atoms with Gasteiger partial charge in [-0.3, -0.25) is 9.69 Å². The smallest absolute Gasteiger partial charge is 0.308 e. The van der Waals surface area contributed by atoms with E-state index in [1.807, 2.05) is 0 Å². The van der Waals surface area contributed by atoms with Crippen molar-refractivity contribution in [1.29, 1.82) is 0 Å². The first kappa shape index (κ1) is 15.4. The quantitative estimate of drug-likeness (QED) is 0.876. The Bertz CT molecular complexity index is 437. The summed E-state index contributed by atoms with van der Waals surface area (Å²) in [6.07, 6.45) is 7.23. The Kier molecular flexibility index (Phi) is 5.98. The van der Waals surface area contributed by atoms with E-state index in [1.54, 1.807) is 11.3 Å². The van der Waals surface area contributed by atoms with Crippen LogP contribution in [0.2, 0.25) is 0 Å². The number of thiazole rings is 1. The number of carboxylic acid groups (broad SMARTS) is 1. The van der Waals surface area contributed by atoms with Crippen molar-refractivity contribution in [3.8, 4) is 0 Å². The Hall–Kier alpha value is -0.940. The monoisotopic (exact) mass is 296 g/mol. The summed E-state index contributed by atoms with van der Waals surface area (Å²) in [6.45, 7) is 5.30. The van der Waals surface area contributed by atoms with Gasteiger partial charge in [0.1, 0.15) is 5.01 Å². The van der Waals surface area contributed by atoms with E-state index in [2.05, 4.69) is 11.8 Å². The topological polar surface area (TPSA) is 53.4 Å². The Morgan fingerprint density at radius 2 is 2.00 bits per heavy atom. The zero-order chi connectivity index (χ0) is 14.4. The Morgan fingerprint density at radius 3 is 2.60 bits per heavy atom. The van der Waals surface area contributed by atoms with Crippen LogP contribution in [0.4, 0.5) is 0 Å². The predicted octanol–water partition coefficient (Wildman–Crippen LogP) is 3.10. The Labute approximate surface area is 124 Å². The van der Waals surface area contributed by atoms with Gasteiger partial charge in [-0.05, 0) is 32.4 Å². The number of likely N-dealkylation sites (tertiary alicyclic amines) is 1. The van der Waals surface area contributed by atoms with Crippen molar-refractivity contribution in [2.75, 3.05) is 13.1 Å². The molecule has 0 amide bonds. The Balaban J connectivity index is 2.04. The molecule has 5 heteroatoms. The summed E-state index contributed by atoms with van der Waals surface area (Å²) in [5.41, 5.74) is 1.00. The lowest BCUT2D eigenvalue weighted by Gasteiger charge is -2.17. The van der Waals surface area contributed by atoms with E-state index in [0.29, 0.717) is 0 Å². The van der Waals surface area contributed by atoms with Crippen molar-refractivity contribution in [3.63, 3.8) is 0 Å². The molecule has 112 valence electrons. The summed E-state index contributed by atoms with van der Waals surface area (Å²) >= 11 is 1.59. The molecule has 4 nitrogen and oxygen atoms in total. The van der Waals surface area contributed by atoms with Crippen LogP contribution < -0.4 is 0 Å². The maximum absolute atomic E-state index is 10.9. The van der Waals surface area contributed by atoms with Crippen LogP contribution >= 0.6 is 11.3 Å². The molecule has 0 saturated carbocycles. The molecule has 1 N–H and O–H groups in total. The Morgan fingerprint density at radius 1 is 1.30 bits per heavy atom. The van der Waals surface area contributed by atoms with Crippen LogP contribution in [-0.2, 0) is 24.2 Å². The second kappa shape index (κ2) is 7.74. The van der Waals surface area contributed by atoms with E-state index >= 15 is 0 Å². The van der Waals surface area contributed by atoms with Gasteiger partial charge < -0.3 is 5.11 Å². The molecule has 0 spiro atoms. The van der Waals surface area contributed by atoms with Gasteiger partial charge in [-0.2, -0.15) is 0 Å². The fourth-order valence-corrected chi connectivity index (χ4v) is 3.85. The molecule has 0 bridgehead atoms. The molecule has 20 heavy (non-hydrogen) atoms. The van der Waals surface area contributed by atoms with Gasteiger partial charge in [0.25, 0.3) is 0 Å². The molecule has 0 atom stereocenters. The lowest BCUT2D eigenvalue weighted by atomic mass is 10.2. The normalized spacial score (nSPS) is 17.1. The number of carboxylic acids is 1. The molecule has 1 aromatic rings. The summed E-state index contributed by atoms with van der Waals surface area (Å²) < 4.78 is 0. The van der Waals surface area contributed by atoms with Gasteiger partial charge in [-0.1, -0.05) is 26.2 Å². The SMILES string of the molecule is CCCc1nc(CN2CCCCCC2)sc1CC(=O)O. The fraction of sp³-hybridized carbons (Fsp3) is 0.733. The zero-order valence-electron chi connectivity index (χ0n) is 12.2. The highest BCUT2D eigenvalue weighted by Gasteiger charge is 2.16. The lowest BCUT2D eigenvalue weighted by Crippen LogP contribution is -2.23. The predicted molar refractivity (Wildman–Crippen MR) is 81.2 cm³/mol. The standard InChI is InChI=1S/C15H24N2O2S/c1-2-7-12-13(10-15(18)19)20-14(16-12)11-17-8-5-3-4-6-9-17/h2-11H2,1H3,(H,18,19). The van der Waals surface area contributed by atoms with Crippen LogP contribution in [0.25, 0.3) is 0 Å². The minimum Gasteiger partial charge on any atom is -0.481 e. The number of nitrogens with zero attached hydrogens (tertiary/aromatic N) is 2. The molecule has 0 aliphatic carbocycles. The number of carbonyl (C=O) groups is 1. The van der Waals surface area contributed by atoms with Crippen LogP contribution in [-0.4, -0.2) is 34.0 Å². The molecule has 0 aromatic carbocycles. The molecular weight excluding hydrogens is 272 g/mol. The number of hydrogen-bond acceptors (Lipinski definition) is 4. The van der Waals surface area contributed by atoms with Crippen molar-refractivity contribution < 1.29 is 9.90 Å². The highest BCUT2D eigenvalue weighted by Crippen LogP contribution is 2.23. The molecule has 1 aliphatic heterocycles. The highest BCUT2D eigenvalue weighted by molar-refractivity contribution is 7.11. The maximum atomic E-state index is 10.9. The van der Waals surface area contributed by atoms with Gasteiger partial charge in [-0.15, -0.1) is 11.3 Å². The maximum Gasteiger partial charge on any atom is 0.308 e. The van der Waals surface area contributed by atoms with Crippen LogP contribution in [0.1, 0.15) is 54.6 Å². The molecular formula is C15H24N2O2S. The van der Waals surface area contributed by atoms with Crippen molar-refractivity contribution in [1.82, 2.24) is 9.88 Å². The van der Waals surface area contributed by atoms with Crippen LogP contribution in [0.5, 0.6) is 0 Å². The zero-order valence-corrected chi connectivity index (χ0v) is 13.0. The molecule has 1 aliphatic rings. The summed E-state index contributed by atoms with van der Waals surface area (Å²) in [5.74, 6) is -0.757. The summed E-state index contributed by atoms with van der Waals surface area (Å²) in [5, 5.41) is 10.1. The van der Waals surface area contributed by atoms with E-state index in [0.717, 1.165) is 48.1 Å². The number of aliphatic carboxylic acids is 1. The third-order valence-electron chi connectivity index (χ3n) is 3.68. The average Bonchev–Trinajstić information content (AvgIpc) is 2.61. The van der Waals surface area contributed by atoms with Gasteiger partial charge in [0, 0.05) is 4.88 Å². The first-order valence-electron chi connectivity index (χ1n) is 7.60. The summed E-state index contributed by atoms with van der Waals surface area (Å²) in [6, 6.07) is 0. The minimum atomic E-state index is -0.757. The van der Waals surface area contributed by atoms with Gasteiger partial charge in [0.2, 0.25) is 0 Å². The highest BCUT2D eigenvalue weighted by atomic mass is 32.1. The largest absolute Gasteiger partial charge is 0.481 e. The van der Waals surface area contributed by atoms with Gasteiger partial charge in [0.05, 0.1) is 18.7 Å². The molecule has 2 heterocycles. The number of hydrogen-bond donors (Lipinski definition) is 1.